The molecule has 0 bridgehead atoms. The number of amides is 1. The quantitative estimate of drug-likeness (QED) is 0.723. The molecule has 2 atom stereocenters. The lowest BCUT2D eigenvalue weighted by atomic mass is 10.0. The minimum Gasteiger partial charge on any atom is -0.349 e. The molecule has 2 aromatic heterocycles. The number of carbonyl (C=O) groups is 1. The molecule has 1 aromatic carbocycles. The molecule has 0 aliphatic carbocycles. The fourth-order valence-electron chi connectivity index (χ4n) is 3.77. The van der Waals surface area contributed by atoms with Gasteiger partial charge in [-0.3, -0.25) is 9.69 Å². The lowest BCUT2D eigenvalue weighted by Gasteiger charge is -2.34. The molecule has 1 aliphatic heterocycles. The third-order valence-corrected chi connectivity index (χ3v) is 6.30. The highest BCUT2D eigenvalue weighted by Gasteiger charge is 2.26. The molecule has 3 aromatic rings. The zero-order valence-corrected chi connectivity index (χ0v) is 16.6. The van der Waals surface area contributed by atoms with Crippen molar-refractivity contribution in [3.8, 4) is 0 Å². The second-order valence-electron chi connectivity index (χ2n) is 7.20. The van der Waals surface area contributed by atoms with Crippen LogP contribution >= 0.6 is 11.3 Å². The highest BCUT2D eigenvalue weighted by atomic mass is 32.1. The van der Waals surface area contributed by atoms with Gasteiger partial charge in [0.25, 0.3) is 0 Å². The van der Waals surface area contributed by atoms with Crippen LogP contribution < -0.4 is 5.32 Å². The molecule has 0 fully saturated rings. The second kappa shape index (κ2) is 7.71. The molecule has 0 unspecified atom stereocenters. The lowest BCUT2D eigenvalue weighted by molar-refractivity contribution is -0.123. The molecule has 0 saturated heterocycles. The SMILES string of the molecule is Cc1ccc([C@H](NC(=O)CN2CCn3cccc3[C@@H]2C)c2cccs2)cc1. The van der Waals surface area contributed by atoms with Crippen LogP contribution in [0, 0.1) is 6.92 Å². The number of hydrogen-bond acceptors (Lipinski definition) is 3. The predicted molar refractivity (Wildman–Crippen MR) is 110 cm³/mol. The number of nitrogens with zero attached hydrogens (tertiary/aromatic N) is 2. The summed E-state index contributed by atoms with van der Waals surface area (Å²) in [6.07, 6.45) is 2.12. The maximum Gasteiger partial charge on any atom is 0.234 e. The number of hydrogen-bond donors (Lipinski definition) is 1. The Kier molecular flexibility index (Phi) is 5.14. The lowest BCUT2D eigenvalue weighted by Crippen LogP contribution is -2.44. The Balaban J connectivity index is 1.48. The molecule has 140 valence electrons. The molecule has 5 heteroatoms. The summed E-state index contributed by atoms with van der Waals surface area (Å²) in [4.78, 5) is 16.3. The Morgan fingerprint density at radius 3 is 2.74 bits per heavy atom. The fraction of sp³-hybridized carbons (Fsp3) is 0.318. The van der Waals surface area contributed by atoms with Crippen LogP contribution in [-0.2, 0) is 11.3 Å². The summed E-state index contributed by atoms with van der Waals surface area (Å²) in [5, 5.41) is 5.32. The Morgan fingerprint density at radius 1 is 1.19 bits per heavy atom. The molecule has 27 heavy (non-hydrogen) atoms. The molecule has 1 N–H and O–H groups in total. The maximum atomic E-state index is 12.9. The van der Waals surface area contributed by atoms with Crippen LogP contribution in [0.3, 0.4) is 0 Å². The standard InChI is InChI=1S/C22H25N3OS/c1-16-7-9-18(10-8-16)22(20-6-4-14-27-20)23-21(26)15-25-13-12-24-11-3-5-19(24)17(25)2/h3-11,14,17,22H,12-13,15H2,1-2H3,(H,23,26)/t17-,22-/m0/s1. The third kappa shape index (κ3) is 3.84. The molecule has 0 spiro atoms. The van der Waals surface area contributed by atoms with E-state index < -0.39 is 0 Å². The van der Waals surface area contributed by atoms with E-state index >= 15 is 0 Å². The smallest absolute Gasteiger partial charge is 0.234 e. The molecule has 0 radical (unpaired) electrons. The molecule has 0 saturated carbocycles. The highest BCUT2D eigenvalue weighted by molar-refractivity contribution is 7.10. The normalized spacial score (nSPS) is 18.1. The Hall–Kier alpha value is -2.37. The minimum absolute atomic E-state index is 0.0702. The first-order valence-corrected chi connectivity index (χ1v) is 10.3. The van der Waals surface area contributed by atoms with Gasteiger partial charge in [0.2, 0.25) is 5.91 Å². The van der Waals surface area contributed by atoms with E-state index in [0.29, 0.717) is 6.54 Å². The second-order valence-corrected chi connectivity index (χ2v) is 8.18. The average Bonchev–Trinajstić information content (AvgIpc) is 3.35. The first-order chi connectivity index (χ1) is 13.1. The fourth-order valence-corrected chi connectivity index (χ4v) is 4.57. The number of benzene rings is 1. The molecule has 1 amide bonds. The van der Waals surface area contributed by atoms with Gasteiger partial charge in [-0.2, -0.15) is 0 Å². The number of thiophene rings is 1. The van der Waals surface area contributed by atoms with E-state index in [4.69, 9.17) is 0 Å². The Bertz CT molecular complexity index is 898. The maximum absolute atomic E-state index is 12.9. The van der Waals surface area contributed by atoms with Crippen molar-refractivity contribution >= 4 is 17.2 Å². The average molecular weight is 380 g/mol. The van der Waals surface area contributed by atoms with Crippen molar-refractivity contribution in [1.82, 2.24) is 14.8 Å². The predicted octanol–water partition coefficient (Wildman–Crippen LogP) is 4.14. The van der Waals surface area contributed by atoms with Gasteiger partial charge in [0.1, 0.15) is 0 Å². The van der Waals surface area contributed by atoms with Crippen molar-refractivity contribution in [1.29, 1.82) is 0 Å². The molecule has 1 aliphatic rings. The minimum atomic E-state index is -0.0953. The van der Waals surface area contributed by atoms with Crippen molar-refractivity contribution < 1.29 is 4.79 Å². The van der Waals surface area contributed by atoms with Crippen LogP contribution in [0.1, 0.15) is 40.7 Å². The van der Waals surface area contributed by atoms with E-state index in [1.807, 2.05) is 6.07 Å². The van der Waals surface area contributed by atoms with Gasteiger partial charge in [0, 0.05) is 35.9 Å². The Labute approximate surface area is 164 Å². The zero-order chi connectivity index (χ0) is 18.8. The molecular weight excluding hydrogens is 354 g/mol. The van der Waals surface area contributed by atoms with Crippen molar-refractivity contribution in [2.75, 3.05) is 13.1 Å². The van der Waals surface area contributed by atoms with Crippen molar-refractivity contribution in [3.05, 3.63) is 81.8 Å². The van der Waals surface area contributed by atoms with Gasteiger partial charge in [-0.15, -0.1) is 11.3 Å². The number of rotatable bonds is 5. The monoisotopic (exact) mass is 379 g/mol. The molecular formula is C22H25N3OS. The van der Waals surface area contributed by atoms with Crippen LogP contribution in [0.15, 0.2) is 60.1 Å². The van der Waals surface area contributed by atoms with Crippen molar-refractivity contribution in [2.45, 2.75) is 32.5 Å². The van der Waals surface area contributed by atoms with E-state index in [0.717, 1.165) is 23.5 Å². The largest absolute Gasteiger partial charge is 0.349 e. The summed E-state index contributed by atoms with van der Waals surface area (Å²) in [7, 11) is 0. The zero-order valence-electron chi connectivity index (χ0n) is 15.8. The first-order valence-electron chi connectivity index (χ1n) is 9.40. The van der Waals surface area contributed by atoms with Crippen molar-refractivity contribution in [3.63, 3.8) is 0 Å². The van der Waals surface area contributed by atoms with Crippen molar-refractivity contribution in [2.24, 2.45) is 0 Å². The van der Waals surface area contributed by atoms with Crippen LogP contribution in [0.25, 0.3) is 0 Å². The van der Waals surface area contributed by atoms with Crippen LogP contribution in [0.5, 0.6) is 0 Å². The summed E-state index contributed by atoms with van der Waals surface area (Å²) < 4.78 is 2.28. The number of nitrogens with one attached hydrogen (secondary N) is 1. The van der Waals surface area contributed by atoms with Gasteiger partial charge in [-0.05, 0) is 43.0 Å². The van der Waals surface area contributed by atoms with Gasteiger partial charge < -0.3 is 9.88 Å². The summed E-state index contributed by atoms with van der Waals surface area (Å²) in [5.74, 6) is 0.0702. The topological polar surface area (TPSA) is 37.3 Å². The molecule has 3 heterocycles. The van der Waals surface area contributed by atoms with E-state index in [9.17, 15) is 4.79 Å². The van der Waals surface area contributed by atoms with Gasteiger partial charge in [0.15, 0.2) is 0 Å². The van der Waals surface area contributed by atoms with Gasteiger partial charge in [0.05, 0.1) is 12.6 Å². The van der Waals surface area contributed by atoms with Gasteiger partial charge in [-0.25, -0.2) is 0 Å². The number of carbonyl (C=O) groups excluding carboxylic acids is 1. The first kappa shape index (κ1) is 18.0. The van der Waals surface area contributed by atoms with Crippen LogP contribution in [0.2, 0.25) is 0 Å². The van der Waals surface area contributed by atoms with E-state index in [1.54, 1.807) is 11.3 Å². The highest BCUT2D eigenvalue weighted by Crippen LogP contribution is 2.28. The molecule has 4 rings (SSSR count). The number of aryl methyl sites for hydroxylation is 1. The summed E-state index contributed by atoms with van der Waals surface area (Å²) in [6.45, 7) is 6.50. The number of fused-ring (bicyclic) bond motifs is 1. The van der Waals surface area contributed by atoms with E-state index in [-0.39, 0.29) is 18.0 Å². The van der Waals surface area contributed by atoms with Gasteiger partial charge in [-0.1, -0.05) is 35.9 Å². The number of aromatic nitrogens is 1. The summed E-state index contributed by atoms with van der Waals surface area (Å²) >= 11 is 1.68. The summed E-state index contributed by atoms with van der Waals surface area (Å²) in [5.41, 5.74) is 3.62. The summed E-state index contributed by atoms with van der Waals surface area (Å²) in [6, 6.07) is 16.9. The van der Waals surface area contributed by atoms with Gasteiger partial charge >= 0.3 is 0 Å². The van der Waals surface area contributed by atoms with Crippen LogP contribution in [-0.4, -0.2) is 28.5 Å². The van der Waals surface area contributed by atoms with Crippen LogP contribution in [0.4, 0.5) is 0 Å². The Morgan fingerprint density at radius 2 is 2.00 bits per heavy atom. The molecule has 4 nitrogen and oxygen atoms in total. The third-order valence-electron chi connectivity index (χ3n) is 5.36. The van der Waals surface area contributed by atoms with E-state index in [1.165, 1.54) is 11.3 Å². The van der Waals surface area contributed by atoms with E-state index in [2.05, 4.69) is 82.7 Å².